The van der Waals surface area contributed by atoms with Crippen LogP contribution in [0.4, 0.5) is 11.5 Å². The molecule has 2 aromatic carbocycles. The number of carboxylic acid groups (broad SMARTS) is 1. The van der Waals surface area contributed by atoms with Gasteiger partial charge < -0.3 is 15.2 Å². The molecule has 0 aliphatic heterocycles. The predicted octanol–water partition coefficient (Wildman–Crippen LogP) is 6.52. The zero-order valence-corrected chi connectivity index (χ0v) is 20.6. The fourth-order valence-electron chi connectivity index (χ4n) is 4.11. The second-order valence-electron chi connectivity index (χ2n) is 8.34. The first-order valence-electron chi connectivity index (χ1n) is 11.1. The average Bonchev–Trinajstić information content (AvgIpc) is 3.41. The Morgan fingerprint density at radius 2 is 1.86 bits per heavy atom. The van der Waals surface area contributed by atoms with Crippen molar-refractivity contribution in [2.75, 3.05) is 12.4 Å². The van der Waals surface area contributed by atoms with Gasteiger partial charge in [-0.15, -0.1) is 11.3 Å². The van der Waals surface area contributed by atoms with Crippen LogP contribution in [0.25, 0.3) is 26.2 Å². The number of rotatable bonds is 6. The highest BCUT2D eigenvalue weighted by Crippen LogP contribution is 2.42. The number of methoxy groups -OCH3 is 1. The molecule has 0 unspecified atom stereocenters. The van der Waals surface area contributed by atoms with E-state index in [1.54, 1.807) is 23.5 Å². The minimum absolute atomic E-state index is 0.127. The summed E-state index contributed by atoms with van der Waals surface area (Å²) < 4.78 is 8.17. The second-order valence-corrected chi connectivity index (χ2v) is 9.42. The largest absolute Gasteiger partial charge is 0.481 e. The van der Waals surface area contributed by atoms with Gasteiger partial charge in [-0.25, -0.2) is 14.5 Å². The van der Waals surface area contributed by atoms with Gasteiger partial charge in [0.15, 0.2) is 5.69 Å². The number of aromatic nitrogens is 3. The smallest absolute Gasteiger partial charge is 0.356 e. The van der Waals surface area contributed by atoms with E-state index in [1.807, 2.05) is 37.6 Å². The molecule has 35 heavy (non-hydrogen) atoms. The van der Waals surface area contributed by atoms with Gasteiger partial charge in [0, 0.05) is 15.6 Å². The Kier molecular flexibility index (Phi) is 5.74. The molecule has 7 nitrogen and oxygen atoms in total. The minimum Gasteiger partial charge on any atom is -0.481 e. The third kappa shape index (κ3) is 4.13. The number of nitrogens with one attached hydrogen (secondary N) is 1. The number of benzene rings is 2. The third-order valence-corrected chi connectivity index (χ3v) is 6.99. The molecule has 5 rings (SSSR count). The highest BCUT2D eigenvalue weighted by Gasteiger charge is 2.23. The maximum Gasteiger partial charge on any atom is 0.356 e. The van der Waals surface area contributed by atoms with Crippen LogP contribution in [-0.2, 0) is 0 Å². The number of hydrogen-bond donors (Lipinski definition) is 2. The summed E-state index contributed by atoms with van der Waals surface area (Å²) in [4.78, 5) is 17.2. The SMILES string of the molecule is COc1ccc(Nc2c(-c3cc4ccccc4s3)c(C)nn2-c2cc(C)ccc2C)c(C(=O)O)n1. The molecule has 0 amide bonds. The van der Waals surface area contributed by atoms with Gasteiger partial charge in [-0.2, -0.15) is 5.10 Å². The highest BCUT2D eigenvalue weighted by atomic mass is 32.1. The number of hydrogen-bond acceptors (Lipinski definition) is 6. The van der Waals surface area contributed by atoms with Crippen LogP contribution < -0.4 is 10.1 Å². The first-order chi connectivity index (χ1) is 16.9. The number of nitrogens with zero attached hydrogens (tertiary/aromatic N) is 3. The lowest BCUT2D eigenvalue weighted by atomic mass is 10.1. The van der Waals surface area contributed by atoms with E-state index in [0.717, 1.165) is 38.3 Å². The number of ether oxygens (including phenoxy) is 1. The molecule has 0 bridgehead atoms. The number of aryl methyl sites for hydroxylation is 3. The summed E-state index contributed by atoms with van der Waals surface area (Å²) in [5.41, 5.74) is 5.05. The summed E-state index contributed by atoms with van der Waals surface area (Å²) in [7, 11) is 1.46. The lowest BCUT2D eigenvalue weighted by molar-refractivity contribution is 0.0690. The summed E-state index contributed by atoms with van der Waals surface area (Å²) in [5, 5.41) is 19.2. The number of fused-ring (bicyclic) bond motifs is 1. The lowest BCUT2D eigenvalue weighted by Gasteiger charge is -2.15. The number of aromatic carboxylic acids is 1. The molecule has 0 saturated carbocycles. The molecule has 5 aromatic rings. The first-order valence-corrected chi connectivity index (χ1v) is 11.9. The molecular weight excluding hydrogens is 460 g/mol. The molecule has 3 heterocycles. The van der Waals surface area contributed by atoms with Crippen LogP contribution in [0.2, 0.25) is 0 Å². The summed E-state index contributed by atoms with van der Waals surface area (Å²) in [6.45, 7) is 6.04. The predicted molar refractivity (Wildman–Crippen MR) is 140 cm³/mol. The van der Waals surface area contributed by atoms with E-state index in [0.29, 0.717) is 11.5 Å². The Labute approximate surface area is 206 Å². The van der Waals surface area contributed by atoms with Gasteiger partial charge in [0.25, 0.3) is 0 Å². The lowest BCUT2D eigenvalue weighted by Crippen LogP contribution is -2.10. The molecular formula is C27H24N4O3S. The molecule has 0 aliphatic rings. The fourth-order valence-corrected chi connectivity index (χ4v) is 5.27. The molecule has 8 heteroatoms. The summed E-state index contributed by atoms with van der Waals surface area (Å²) in [6, 6.07) is 19.9. The Hall–Kier alpha value is -4.17. The molecule has 2 N–H and O–H groups in total. The van der Waals surface area contributed by atoms with Crippen molar-refractivity contribution >= 4 is 38.9 Å². The minimum atomic E-state index is -1.15. The maximum atomic E-state index is 12.0. The van der Waals surface area contributed by atoms with E-state index >= 15 is 0 Å². The monoisotopic (exact) mass is 484 g/mol. The number of thiophene rings is 1. The van der Waals surface area contributed by atoms with Crippen molar-refractivity contribution in [3.8, 4) is 22.0 Å². The maximum absolute atomic E-state index is 12.0. The van der Waals surface area contributed by atoms with Gasteiger partial charge in [0.2, 0.25) is 5.88 Å². The van der Waals surface area contributed by atoms with Crippen molar-refractivity contribution < 1.29 is 14.6 Å². The first kappa shape index (κ1) is 22.6. The molecule has 176 valence electrons. The molecule has 0 radical (unpaired) electrons. The van der Waals surface area contributed by atoms with Crippen LogP contribution in [0, 0.1) is 20.8 Å². The van der Waals surface area contributed by atoms with Crippen molar-refractivity contribution in [3.63, 3.8) is 0 Å². The normalized spacial score (nSPS) is 11.1. The third-order valence-electron chi connectivity index (χ3n) is 5.86. The van der Waals surface area contributed by atoms with Gasteiger partial charge in [-0.05, 0) is 61.5 Å². The van der Waals surface area contributed by atoms with Crippen molar-refractivity contribution in [2.45, 2.75) is 20.8 Å². The molecule has 0 fully saturated rings. The number of pyridine rings is 1. The van der Waals surface area contributed by atoms with Crippen molar-refractivity contribution in [1.82, 2.24) is 14.8 Å². The van der Waals surface area contributed by atoms with Crippen molar-refractivity contribution in [2.24, 2.45) is 0 Å². The van der Waals surface area contributed by atoms with Crippen LogP contribution in [0.5, 0.6) is 5.88 Å². The average molecular weight is 485 g/mol. The quantitative estimate of drug-likeness (QED) is 0.285. The van der Waals surface area contributed by atoms with E-state index in [1.165, 1.54) is 11.8 Å². The van der Waals surface area contributed by atoms with E-state index in [9.17, 15) is 9.90 Å². The Morgan fingerprint density at radius 3 is 2.60 bits per heavy atom. The van der Waals surface area contributed by atoms with Crippen LogP contribution in [0.15, 0.2) is 60.7 Å². The van der Waals surface area contributed by atoms with Crippen molar-refractivity contribution in [1.29, 1.82) is 0 Å². The Balaban J connectivity index is 1.76. The van der Waals surface area contributed by atoms with Gasteiger partial charge in [-0.1, -0.05) is 30.3 Å². The Bertz CT molecular complexity index is 1550. The summed E-state index contributed by atoms with van der Waals surface area (Å²) >= 11 is 1.68. The zero-order chi connectivity index (χ0) is 24.7. The topological polar surface area (TPSA) is 89.3 Å². The zero-order valence-electron chi connectivity index (χ0n) is 19.8. The Morgan fingerprint density at radius 1 is 1.06 bits per heavy atom. The second kappa shape index (κ2) is 8.88. The van der Waals surface area contributed by atoms with E-state index in [4.69, 9.17) is 9.84 Å². The van der Waals surface area contributed by atoms with E-state index < -0.39 is 5.97 Å². The fraction of sp³-hybridized carbons (Fsp3) is 0.148. The van der Waals surface area contributed by atoms with Crippen molar-refractivity contribution in [3.05, 3.63) is 83.2 Å². The molecule has 0 saturated heterocycles. The number of carbonyl (C=O) groups is 1. The van der Waals surface area contributed by atoms with Gasteiger partial charge in [0.05, 0.1) is 29.7 Å². The molecule has 3 aromatic heterocycles. The van der Waals surface area contributed by atoms with Crippen LogP contribution in [-0.4, -0.2) is 33.0 Å². The van der Waals surface area contributed by atoms with Crippen LogP contribution in [0.1, 0.15) is 27.3 Å². The summed E-state index contributed by atoms with van der Waals surface area (Å²) in [5.74, 6) is -0.238. The number of anilines is 2. The van der Waals surface area contributed by atoms with E-state index in [-0.39, 0.29) is 11.6 Å². The molecule has 0 spiro atoms. The van der Waals surface area contributed by atoms with Gasteiger partial charge in [-0.3, -0.25) is 0 Å². The van der Waals surface area contributed by atoms with Crippen LogP contribution >= 0.6 is 11.3 Å². The highest BCUT2D eigenvalue weighted by molar-refractivity contribution is 7.22. The van der Waals surface area contributed by atoms with Gasteiger partial charge in [0.1, 0.15) is 5.82 Å². The summed E-state index contributed by atoms with van der Waals surface area (Å²) in [6.07, 6.45) is 0. The number of carboxylic acids is 1. The van der Waals surface area contributed by atoms with Crippen LogP contribution in [0.3, 0.4) is 0 Å². The standard InChI is InChI=1S/C27H24N4O3S/c1-15-9-10-16(2)20(13-15)31-26(28-19-11-12-23(34-4)29-25(19)27(32)33)24(17(3)30-31)22-14-18-7-5-6-8-21(18)35-22/h5-14,28H,1-4H3,(H,32,33). The van der Waals surface area contributed by atoms with Gasteiger partial charge >= 0.3 is 5.97 Å². The molecule has 0 aliphatic carbocycles. The van der Waals surface area contributed by atoms with E-state index in [2.05, 4.69) is 46.7 Å². The molecule has 0 atom stereocenters.